The maximum absolute atomic E-state index is 12.3. The topological polar surface area (TPSA) is 60.9 Å². The third-order valence-corrected chi connectivity index (χ3v) is 3.78. The van der Waals surface area contributed by atoms with Crippen molar-refractivity contribution in [3.63, 3.8) is 0 Å². The van der Waals surface area contributed by atoms with Gasteiger partial charge in [-0.25, -0.2) is 9.59 Å². The van der Waals surface area contributed by atoms with Gasteiger partial charge in [0, 0.05) is 20.1 Å². The summed E-state index contributed by atoms with van der Waals surface area (Å²) < 4.78 is 0. The second-order valence-electron chi connectivity index (χ2n) is 6.36. The van der Waals surface area contributed by atoms with Crippen molar-refractivity contribution < 1.29 is 14.7 Å². The molecule has 106 valence electrons. The van der Waals surface area contributed by atoms with Crippen molar-refractivity contribution in [2.45, 2.75) is 53.1 Å². The number of carbonyl (C=O) groups is 2. The second-order valence-corrected chi connectivity index (χ2v) is 6.36. The van der Waals surface area contributed by atoms with Crippen LogP contribution in [0.3, 0.4) is 0 Å². The molecule has 5 heteroatoms. The molecule has 1 unspecified atom stereocenters. The minimum atomic E-state index is -1.22. The van der Waals surface area contributed by atoms with E-state index in [-0.39, 0.29) is 17.5 Å². The molecule has 2 amide bonds. The Kier molecular flexibility index (Phi) is 4.80. The molecule has 0 rings (SSSR count). The number of nitrogens with zero attached hydrogens (tertiary/aromatic N) is 2. The van der Waals surface area contributed by atoms with Gasteiger partial charge >= 0.3 is 12.0 Å². The number of rotatable bonds is 3. The van der Waals surface area contributed by atoms with Gasteiger partial charge in [-0.3, -0.25) is 0 Å². The van der Waals surface area contributed by atoms with E-state index in [1.807, 2.05) is 27.7 Å². The standard InChI is InChI=1S/C13H26N2O3/c1-9(12(2,3)4)14(7)11(18)15(8)13(5,6)10(16)17/h9H,1-8H3,(H,16,17). The molecule has 0 bridgehead atoms. The maximum Gasteiger partial charge on any atom is 0.329 e. The molecule has 0 aliphatic rings. The number of aliphatic carboxylic acids is 1. The Morgan fingerprint density at radius 2 is 1.44 bits per heavy atom. The Balaban J connectivity index is 5.02. The number of amides is 2. The van der Waals surface area contributed by atoms with Crippen LogP contribution in [0.5, 0.6) is 0 Å². The number of likely N-dealkylation sites (N-methyl/N-ethyl adjacent to an activating group) is 1. The van der Waals surface area contributed by atoms with Crippen LogP contribution in [-0.2, 0) is 4.79 Å². The molecule has 1 atom stereocenters. The fourth-order valence-electron chi connectivity index (χ4n) is 1.37. The van der Waals surface area contributed by atoms with E-state index in [1.54, 1.807) is 11.9 Å². The molecule has 0 saturated carbocycles. The Labute approximate surface area is 110 Å². The van der Waals surface area contributed by atoms with Crippen LogP contribution in [0.4, 0.5) is 4.79 Å². The fraction of sp³-hybridized carbons (Fsp3) is 0.846. The van der Waals surface area contributed by atoms with Crippen LogP contribution in [-0.4, -0.2) is 52.6 Å². The van der Waals surface area contributed by atoms with Gasteiger partial charge in [-0.2, -0.15) is 0 Å². The first-order valence-electron chi connectivity index (χ1n) is 6.07. The molecule has 0 fully saturated rings. The zero-order valence-corrected chi connectivity index (χ0v) is 12.7. The quantitative estimate of drug-likeness (QED) is 0.844. The first-order chi connectivity index (χ1) is 7.83. The van der Waals surface area contributed by atoms with Crippen molar-refractivity contribution in [2.75, 3.05) is 14.1 Å². The second kappa shape index (κ2) is 5.16. The highest BCUT2D eigenvalue weighted by molar-refractivity contribution is 5.85. The minimum Gasteiger partial charge on any atom is -0.480 e. The van der Waals surface area contributed by atoms with Crippen LogP contribution < -0.4 is 0 Å². The van der Waals surface area contributed by atoms with Gasteiger partial charge in [-0.1, -0.05) is 20.8 Å². The Morgan fingerprint density at radius 3 is 1.72 bits per heavy atom. The molecule has 0 aromatic rings. The lowest BCUT2D eigenvalue weighted by Crippen LogP contribution is -2.57. The Hall–Kier alpha value is -1.26. The van der Waals surface area contributed by atoms with Gasteiger partial charge in [-0.15, -0.1) is 0 Å². The summed E-state index contributed by atoms with van der Waals surface area (Å²) in [6, 6.07) is -0.276. The van der Waals surface area contributed by atoms with Gasteiger partial charge in [0.25, 0.3) is 0 Å². The highest BCUT2D eigenvalue weighted by Crippen LogP contribution is 2.25. The van der Waals surface area contributed by atoms with E-state index in [2.05, 4.69) is 0 Å². The smallest absolute Gasteiger partial charge is 0.329 e. The van der Waals surface area contributed by atoms with Gasteiger partial charge < -0.3 is 14.9 Å². The maximum atomic E-state index is 12.3. The van der Waals surface area contributed by atoms with E-state index in [1.165, 1.54) is 25.8 Å². The van der Waals surface area contributed by atoms with E-state index in [9.17, 15) is 9.59 Å². The molecule has 0 saturated heterocycles. The van der Waals surface area contributed by atoms with Crippen LogP contribution in [0, 0.1) is 5.41 Å². The lowest BCUT2D eigenvalue weighted by Gasteiger charge is -2.40. The lowest BCUT2D eigenvalue weighted by atomic mass is 9.87. The summed E-state index contributed by atoms with van der Waals surface area (Å²) in [5.41, 5.74) is -1.28. The minimum absolute atomic E-state index is 0.0112. The van der Waals surface area contributed by atoms with Crippen molar-refractivity contribution in [1.29, 1.82) is 0 Å². The van der Waals surface area contributed by atoms with Crippen LogP contribution in [0.1, 0.15) is 41.5 Å². The summed E-state index contributed by atoms with van der Waals surface area (Å²) in [5.74, 6) is -1.02. The summed E-state index contributed by atoms with van der Waals surface area (Å²) in [6.45, 7) is 11.1. The van der Waals surface area contributed by atoms with Gasteiger partial charge in [0.05, 0.1) is 0 Å². The zero-order chi connectivity index (χ0) is 14.9. The Bertz CT molecular complexity index is 332. The number of carboxylic acids is 1. The molecule has 0 radical (unpaired) electrons. The van der Waals surface area contributed by atoms with E-state index < -0.39 is 11.5 Å². The first kappa shape index (κ1) is 16.7. The predicted molar refractivity (Wildman–Crippen MR) is 71.6 cm³/mol. The number of hydrogen-bond donors (Lipinski definition) is 1. The number of carboxylic acid groups (broad SMARTS) is 1. The molecule has 0 aromatic heterocycles. The number of urea groups is 1. The summed E-state index contributed by atoms with van der Waals surface area (Å²) in [6.07, 6.45) is 0. The van der Waals surface area contributed by atoms with Crippen molar-refractivity contribution >= 4 is 12.0 Å². The van der Waals surface area contributed by atoms with Gasteiger partial charge in [-0.05, 0) is 26.2 Å². The summed E-state index contributed by atoms with van der Waals surface area (Å²) in [7, 11) is 3.22. The summed E-state index contributed by atoms with van der Waals surface area (Å²) in [4.78, 5) is 26.3. The Morgan fingerprint density at radius 1 is 1.06 bits per heavy atom. The molecule has 0 spiro atoms. The van der Waals surface area contributed by atoms with Gasteiger partial charge in [0.1, 0.15) is 5.54 Å². The molecule has 5 nitrogen and oxygen atoms in total. The average molecular weight is 258 g/mol. The van der Waals surface area contributed by atoms with Gasteiger partial charge in [0.15, 0.2) is 0 Å². The van der Waals surface area contributed by atoms with Crippen LogP contribution in [0.25, 0.3) is 0 Å². The predicted octanol–water partition coefficient (Wildman–Crippen LogP) is 2.27. The zero-order valence-electron chi connectivity index (χ0n) is 12.7. The van der Waals surface area contributed by atoms with Crippen LogP contribution >= 0.6 is 0 Å². The third kappa shape index (κ3) is 3.37. The van der Waals surface area contributed by atoms with Crippen LogP contribution in [0.2, 0.25) is 0 Å². The average Bonchev–Trinajstić information content (AvgIpc) is 2.23. The number of carbonyl (C=O) groups excluding carboxylic acids is 1. The molecule has 0 heterocycles. The normalized spacial score (nSPS) is 14.0. The first-order valence-corrected chi connectivity index (χ1v) is 6.07. The van der Waals surface area contributed by atoms with Crippen molar-refractivity contribution in [2.24, 2.45) is 5.41 Å². The van der Waals surface area contributed by atoms with Crippen molar-refractivity contribution in [3.05, 3.63) is 0 Å². The molecular formula is C13H26N2O3. The molecule has 0 aliphatic carbocycles. The van der Waals surface area contributed by atoms with Crippen molar-refractivity contribution in [1.82, 2.24) is 9.80 Å². The summed E-state index contributed by atoms with van der Waals surface area (Å²) in [5, 5.41) is 9.13. The van der Waals surface area contributed by atoms with E-state index in [0.29, 0.717) is 0 Å². The van der Waals surface area contributed by atoms with Gasteiger partial charge in [0.2, 0.25) is 0 Å². The lowest BCUT2D eigenvalue weighted by molar-refractivity contribution is -0.147. The molecular weight excluding hydrogens is 232 g/mol. The highest BCUT2D eigenvalue weighted by Gasteiger charge is 2.38. The SMILES string of the molecule is CC(N(C)C(=O)N(C)C(C)(C)C(=O)O)C(C)(C)C. The highest BCUT2D eigenvalue weighted by atomic mass is 16.4. The fourth-order valence-corrected chi connectivity index (χ4v) is 1.37. The van der Waals surface area contributed by atoms with Crippen LogP contribution in [0.15, 0.2) is 0 Å². The molecule has 0 aliphatic heterocycles. The largest absolute Gasteiger partial charge is 0.480 e. The van der Waals surface area contributed by atoms with E-state index >= 15 is 0 Å². The summed E-state index contributed by atoms with van der Waals surface area (Å²) >= 11 is 0. The molecule has 0 aromatic carbocycles. The third-order valence-electron chi connectivity index (χ3n) is 3.78. The van der Waals surface area contributed by atoms with E-state index in [4.69, 9.17) is 5.11 Å². The van der Waals surface area contributed by atoms with Crippen molar-refractivity contribution in [3.8, 4) is 0 Å². The monoisotopic (exact) mass is 258 g/mol. The number of hydrogen-bond acceptors (Lipinski definition) is 2. The molecule has 18 heavy (non-hydrogen) atoms. The molecule has 1 N–H and O–H groups in total. The van der Waals surface area contributed by atoms with E-state index in [0.717, 1.165) is 0 Å².